The number of aliphatic hydroxyl groups excluding tert-OH is 1. The first kappa shape index (κ1) is 14.3. The summed E-state index contributed by atoms with van der Waals surface area (Å²) in [6.07, 6.45) is 8.77. The molecule has 2 aliphatic rings. The highest BCUT2D eigenvalue weighted by molar-refractivity contribution is 4.85. The van der Waals surface area contributed by atoms with Crippen molar-refractivity contribution in [1.29, 1.82) is 0 Å². The molecule has 3 heteroatoms. The van der Waals surface area contributed by atoms with Crippen molar-refractivity contribution in [2.75, 3.05) is 26.2 Å². The Bertz CT molecular complexity index is 241. The molecule has 0 aromatic carbocycles. The predicted molar refractivity (Wildman–Crippen MR) is 75.4 cm³/mol. The summed E-state index contributed by atoms with van der Waals surface area (Å²) in [6.45, 7) is 5.97. The van der Waals surface area contributed by atoms with Gasteiger partial charge in [-0.25, -0.2) is 0 Å². The van der Waals surface area contributed by atoms with Crippen LogP contribution >= 0.6 is 0 Å². The lowest BCUT2D eigenvalue weighted by Crippen LogP contribution is -2.45. The molecule has 106 valence electrons. The van der Waals surface area contributed by atoms with Gasteiger partial charge in [0.1, 0.15) is 0 Å². The van der Waals surface area contributed by atoms with E-state index in [1.807, 2.05) is 0 Å². The zero-order valence-electron chi connectivity index (χ0n) is 11.9. The maximum absolute atomic E-state index is 9.31. The van der Waals surface area contributed by atoms with Crippen molar-refractivity contribution in [3.05, 3.63) is 0 Å². The lowest BCUT2D eigenvalue weighted by molar-refractivity contribution is 0.0812. The van der Waals surface area contributed by atoms with Crippen LogP contribution in [-0.4, -0.2) is 41.8 Å². The molecule has 3 nitrogen and oxygen atoms in total. The minimum Gasteiger partial charge on any atom is -0.394 e. The molecule has 0 radical (unpaired) electrons. The van der Waals surface area contributed by atoms with Crippen LogP contribution in [0.4, 0.5) is 0 Å². The molecule has 0 spiro atoms. The summed E-state index contributed by atoms with van der Waals surface area (Å²) in [5, 5.41) is 9.31. The van der Waals surface area contributed by atoms with Gasteiger partial charge in [-0.15, -0.1) is 0 Å². The van der Waals surface area contributed by atoms with Crippen LogP contribution in [0.2, 0.25) is 0 Å². The fourth-order valence-corrected chi connectivity index (χ4v) is 3.74. The highest BCUT2D eigenvalue weighted by Gasteiger charge is 2.30. The number of nitrogens with two attached hydrogens (primary N) is 1. The van der Waals surface area contributed by atoms with E-state index in [4.69, 9.17) is 5.73 Å². The number of hydrogen-bond acceptors (Lipinski definition) is 3. The van der Waals surface area contributed by atoms with Crippen LogP contribution < -0.4 is 5.73 Å². The van der Waals surface area contributed by atoms with Gasteiger partial charge in [0, 0.05) is 18.6 Å². The summed E-state index contributed by atoms with van der Waals surface area (Å²) >= 11 is 0. The van der Waals surface area contributed by atoms with Crippen LogP contribution in [0.1, 0.15) is 51.9 Å². The second-order valence-corrected chi connectivity index (χ2v) is 6.64. The molecule has 0 aromatic heterocycles. The third kappa shape index (κ3) is 3.69. The van der Waals surface area contributed by atoms with Gasteiger partial charge in [-0.05, 0) is 56.9 Å². The largest absolute Gasteiger partial charge is 0.394 e. The monoisotopic (exact) mass is 254 g/mol. The van der Waals surface area contributed by atoms with Gasteiger partial charge in [-0.2, -0.15) is 0 Å². The molecule has 3 unspecified atom stereocenters. The molecule has 3 N–H and O–H groups in total. The van der Waals surface area contributed by atoms with Crippen molar-refractivity contribution < 1.29 is 5.11 Å². The average Bonchev–Trinajstić information content (AvgIpc) is 2.38. The van der Waals surface area contributed by atoms with Gasteiger partial charge in [0.05, 0.1) is 6.61 Å². The van der Waals surface area contributed by atoms with E-state index in [0.717, 1.165) is 31.1 Å². The standard InChI is InChI=1S/C15H30N2O/c1-2-15(16,12-18)7-4-8-17-10-13-5-3-6-14(9-13)11-17/h13-14,18H,2-12,16H2,1H3. The molecule has 18 heavy (non-hydrogen) atoms. The van der Waals surface area contributed by atoms with Gasteiger partial charge < -0.3 is 15.7 Å². The second kappa shape index (κ2) is 6.36. The molecule has 1 saturated heterocycles. The van der Waals surface area contributed by atoms with Crippen LogP contribution in [0.25, 0.3) is 0 Å². The smallest absolute Gasteiger partial charge is 0.0611 e. The van der Waals surface area contributed by atoms with Gasteiger partial charge in [-0.1, -0.05) is 13.3 Å². The Labute approximate surface area is 112 Å². The second-order valence-electron chi connectivity index (χ2n) is 6.64. The highest BCUT2D eigenvalue weighted by Crippen LogP contribution is 2.34. The molecule has 0 aromatic rings. The maximum atomic E-state index is 9.31. The lowest BCUT2D eigenvalue weighted by atomic mass is 9.78. The fraction of sp³-hybridized carbons (Fsp3) is 1.00. The Balaban J connectivity index is 1.71. The number of hydrogen-bond donors (Lipinski definition) is 2. The SMILES string of the molecule is CCC(N)(CO)CCCN1CC2CCCC(C2)C1. The quantitative estimate of drug-likeness (QED) is 0.762. The molecule has 0 amide bonds. The molecule has 2 fully saturated rings. The molecule has 2 rings (SSSR count). The van der Waals surface area contributed by atoms with Crippen molar-refractivity contribution in [2.45, 2.75) is 57.4 Å². The van der Waals surface area contributed by atoms with Gasteiger partial charge in [0.25, 0.3) is 0 Å². The van der Waals surface area contributed by atoms with Crippen LogP contribution in [0, 0.1) is 11.8 Å². The summed E-state index contributed by atoms with van der Waals surface area (Å²) in [5.41, 5.74) is 5.79. The fourth-order valence-electron chi connectivity index (χ4n) is 3.74. The Morgan fingerprint density at radius 2 is 1.94 bits per heavy atom. The normalized spacial score (nSPS) is 32.2. The van der Waals surface area contributed by atoms with E-state index in [1.165, 1.54) is 45.3 Å². The number of piperidine rings is 1. The predicted octanol–water partition coefficient (Wildman–Crippen LogP) is 1.99. The highest BCUT2D eigenvalue weighted by atomic mass is 16.3. The van der Waals surface area contributed by atoms with E-state index in [2.05, 4.69) is 11.8 Å². The Morgan fingerprint density at radius 3 is 2.50 bits per heavy atom. The van der Waals surface area contributed by atoms with Crippen LogP contribution in [0.3, 0.4) is 0 Å². The van der Waals surface area contributed by atoms with Crippen molar-refractivity contribution >= 4 is 0 Å². The van der Waals surface area contributed by atoms with Crippen molar-refractivity contribution in [1.82, 2.24) is 4.90 Å². The van der Waals surface area contributed by atoms with E-state index < -0.39 is 0 Å². The topological polar surface area (TPSA) is 49.5 Å². The van der Waals surface area contributed by atoms with Crippen LogP contribution in [0.5, 0.6) is 0 Å². The molecule has 1 aliphatic heterocycles. The summed E-state index contributed by atoms with van der Waals surface area (Å²) in [4.78, 5) is 2.64. The lowest BCUT2D eigenvalue weighted by Gasteiger charge is -2.41. The number of fused-ring (bicyclic) bond motifs is 2. The molecule has 2 bridgehead atoms. The van der Waals surface area contributed by atoms with Gasteiger partial charge >= 0.3 is 0 Å². The van der Waals surface area contributed by atoms with E-state index >= 15 is 0 Å². The zero-order valence-corrected chi connectivity index (χ0v) is 11.9. The van der Waals surface area contributed by atoms with E-state index in [-0.39, 0.29) is 12.1 Å². The van der Waals surface area contributed by atoms with E-state index in [9.17, 15) is 5.11 Å². The van der Waals surface area contributed by atoms with Crippen molar-refractivity contribution in [3.8, 4) is 0 Å². The maximum Gasteiger partial charge on any atom is 0.0611 e. The first-order valence-electron chi connectivity index (χ1n) is 7.77. The Morgan fingerprint density at radius 1 is 1.28 bits per heavy atom. The summed E-state index contributed by atoms with van der Waals surface area (Å²) in [7, 11) is 0. The van der Waals surface area contributed by atoms with Gasteiger partial charge in [-0.3, -0.25) is 0 Å². The molecule has 3 atom stereocenters. The average molecular weight is 254 g/mol. The van der Waals surface area contributed by atoms with Gasteiger partial charge in [0.15, 0.2) is 0 Å². The molecule has 1 saturated carbocycles. The third-order valence-corrected chi connectivity index (χ3v) is 5.09. The number of likely N-dealkylation sites (tertiary alicyclic amines) is 1. The van der Waals surface area contributed by atoms with E-state index in [0.29, 0.717) is 0 Å². The first-order valence-corrected chi connectivity index (χ1v) is 7.77. The molecule has 1 aliphatic carbocycles. The number of aliphatic hydroxyl groups is 1. The summed E-state index contributed by atoms with van der Waals surface area (Å²) < 4.78 is 0. The Hall–Kier alpha value is -0.120. The summed E-state index contributed by atoms with van der Waals surface area (Å²) in [5.74, 6) is 1.92. The third-order valence-electron chi connectivity index (χ3n) is 5.09. The summed E-state index contributed by atoms with van der Waals surface area (Å²) in [6, 6.07) is 0. The minimum absolute atomic E-state index is 0.120. The zero-order chi connectivity index (χ0) is 13.0. The molecule has 1 heterocycles. The van der Waals surface area contributed by atoms with Crippen molar-refractivity contribution in [2.24, 2.45) is 17.6 Å². The van der Waals surface area contributed by atoms with Crippen LogP contribution in [-0.2, 0) is 0 Å². The van der Waals surface area contributed by atoms with Gasteiger partial charge in [0.2, 0.25) is 0 Å². The minimum atomic E-state index is -0.342. The molecular weight excluding hydrogens is 224 g/mol. The Kier molecular flexibility index (Phi) is 5.05. The first-order chi connectivity index (χ1) is 8.65. The number of nitrogens with zero attached hydrogens (tertiary/aromatic N) is 1. The van der Waals surface area contributed by atoms with Crippen molar-refractivity contribution in [3.63, 3.8) is 0 Å². The van der Waals surface area contributed by atoms with E-state index in [1.54, 1.807) is 0 Å². The number of rotatable bonds is 6. The molecular formula is C15H30N2O. The van der Waals surface area contributed by atoms with Crippen LogP contribution in [0.15, 0.2) is 0 Å².